The predicted octanol–water partition coefficient (Wildman–Crippen LogP) is 4.36. The van der Waals surface area contributed by atoms with Crippen LogP contribution in [0, 0.1) is 0 Å². The van der Waals surface area contributed by atoms with E-state index in [1.165, 1.54) is 0 Å². The van der Waals surface area contributed by atoms with E-state index < -0.39 is 0 Å². The van der Waals surface area contributed by atoms with Crippen LogP contribution >= 0.6 is 0 Å². The number of methoxy groups -OCH3 is 1. The highest BCUT2D eigenvalue weighted by atomic mass is 16.5. The summed E-state index contributed by atoms with van der Waals surface area (Å²) in [6, 6.07) is 22.9. The Labute approximate surface area is 163 Å². The second-order valence-corrected chi connectivity index (χ2v) is 6.48. The van der Waals surface area contributed by atoms with E-state index in [4.69, 9.17) is 9.15 Å². The number of oxazole rings is 1. The van der Waals surface area contributed by atoms with Crippen molar-refractivity contribution in [3.63, 3.8) is 0 Å². The average molecular weight is 372 g/mol. The Morgan fingerprint density at radius 2 is 1.79 bits per heavy atom. The third kappa shape index (κ3) is 4.04. The van der Waals surface area contributed by atoms with Gasteiger partial charge in [-0.3, -0.25) is 4.79 Å². The molecule has 0 bridgehead atoms. The fraction of sp³-hybridized carbons (Fsp3) is 0.130. The second-order valence-electron chi connectivity index (χ2n) is 6.48. The van der Waals surface area contributed by atoms with Crippen molar-refractivity contribution in [3.8, 4) is 5.75 Å². The molecule has 28 heavy (non-hydrogen) atoms. The van der Waals surface area contributed by atoms with Gasteiger partial charge in [0.2, 0.25) is 0 Å². The summed E-state index contributed by atoms with van der Waals surface area (Å²) in [4.78, 5) is 16.9. The summed E-state index contributed by atoms with van der Waals surface area (Å²) in [7, 11) is 1.64. The highest BCUT2D eigenvalue weighted by molar-refractivity contribution is 5.97. The first kappa shape index (κ1) is 17.8. The van der Waals surface area contributed by atoms with Crippen LogP contribution < -0.4 is 10.1 Å². The summed E-state index contributed by atoms with van der Waals surface area (Å²) >= 11 is 0. The molecule has 0 saturated carbocycles. The first-order valence-electron chi connectivity index (χ1n) is 9.06. The van der Waals surface area contributed by atoms with Crippen LogP contribution in [-0.2, 0) is 13.0 Å². The third-order valence-electron chi connectivity index (χ3n) is 4.51. The van der Waals surface area contributed by atoms with E-state index in [2.05, 4.69) is 10.3 Å². The standard InChI is InChI=1S/C23H20N2O3/c1-27-19-10-7-16(8-11-19)13-22-25-20-12-9-18(14-21(20)28-22)23(26)24-15-17-5-3-2-4-6-17/h2-12,14H,13,15H2,1H3,(H,24,26). The molecule has 0 spiro atoms. The zero-order valence-electron chi connectivity index (χ0n) is 15.5. The summed E-state index contributed by atoms with van der Waals surface area (Å²) in [6.07, 6.45) is 0.578. The molecule has 5 nitrogen and oxygen atoms in total. The van der Waals surface area contributed by atoms with Gasteiger partial charge in [-0.1, -0.05) is 42.5 Å². The molecule has 1 N–H and O–H groups in total. The number of ether oxygens (including phenoxy) is 1. The van der Waals surface area contributed by atoms with E-state index in [9.17, 15) is 4.79 Å². The number of aromatic nitrogens is 1. The lowest BCUT2D eigenvalue weighted by molar-refractivity contribution is 0.0951. The van der Waals surface area contributed by atoms with Crippen LogP contribution in [0.1, 0.15) is 27.4 Å². The van der Waals surface area contributed by atoms with Gasteiger partial charge in [0.05, 0.1) is 7.11 Å². The maximum atomic E-state index is 12.4. The molecule has 0 saturated heterocycles. The monoisotopic (exact) mass is 372 g/mol. The molecular formula is C23H20N2O3. The minimum absolute atomic E-state index is 0.140. The molecule has 0 unspecified atom stereocenters. The first-order chi connectivity index (χ1) is 13.7. The van der Waals surface area contributed by atoms with E-state index in [0.717, 1.165) is 22.4 Å². The maximum Gasteiger partial charge on any atom is 0.251 e. The number of nitrogens with one attached hydrogen (secondary N) is 1. The molecule has 0 atom stereocenters. The third-order valence-corrected chi connectivity index (χ3v) is 4.51. The largest absolute Gasteiger partial charge is 0.497 e. The summed E-state index contributed by atoms with van der Waals surface area (Å²) in [6.45, 7) is 0.483. The molecular weight excluding hydrogens is 352 g/mol. The van der Waals surface area contributed by atoms with Gasteiger partial charge in [-0.2, -0.15) is 0 Å². The second kappa shape index (κ2) is 7.96. The summed E-state index contributed by atoms with van der Waals surface area (Å²) < 4.78 is 11.0. The van der Waals surface area contributed by atoms with Crippen LogP contribution in [0.3, 0.4) is 0 Å². The lowest BCUT2D eigenvalue weighted by atomic mass is 10.1. The van der Waals surface area contributed by atoms with Gasteiger partial charge < -0.3 is 14.5 Å². The van der Waals surface area contributed by atoms with E-state index in [1.54, 1.807) is 19.2 Å². The van der Waals surface area contributed by atoms with Crippen molar-refractivity contribution in [3.05, 3.63) is 95.4 Å². The first-order valence-corrected chi connectivity index (χ1v) is 9.06. The summed E-state index contributed by atoms with van der Waals surface area (Å²) in [5.41, 5.74) is 4.03. The SMILES string of the molecule is COc1ccc(Cc2nc3ccc(C(=O)NCc4ccccc4)cc3o2)cc1. The Balaban J connectivity index is 1.47. The Kier molecular flexibility index (Phi) is 5.06. The molecule has 0 aliphatic heterocycles. The number of hydrogen-bond donors (Lipinski definition) is 1. The van der Waals surface area contributed by atoms with Gasteiger partial charge in [0.1, 0.15) is 11.3 Å². The van der Waals surface area contributed by atoms with Gasteiger partial charge in [0.15, 0.2) is 11.5 Å². The quantitative estimate of drug-likeness (QED) is 0.546. The number of benzene rings is 3. The average Bonchev–Trinajstić information content (AvgIpc) is 3.14. The molecule has 1 amide bonds. The predicted molar refractivity (Wildman–Crippen MR) is 107 cm³/mol. The smallest absolute Gasteiger partial charge is 0.251 e. The molecule has 0 fully saturated rings. The topological polar surface area (TPSA) is 64.4 Å². The van der Waals surface area contributed by atoms with Crippen molar-refractivity contribution in [2.45, 2.75) is 13.0 Å². The van der Waals surface area contributed by atoms with Crippen LogP contribution in [0.5, 0.6) is 5.75 Å². The normalized spacial score (nSPS) is 10.8. The van der Waals surface area contributed by atoms with E-state index >= 15 is 0 Å². The van der Waals surface area contributed by atoms with Gasteiger partial charge in [-0.25, -0.2) is 4.98 Å². The van der Waals surface area contributed by atoms with E-state index in [0.29, 0.717) is 30.0 Å². The zero-order chi connectivity index (χ0) is 19.3. The number of amides is 1. The van der Waals surface area contributed by atoms with Crippen molar-refractivity contribution in [1.82, 2.24) is 10.3 Å². The lowest BCUT2D eigenvalue weighted by Gasteiger charge is -2.05. The van der Waals surface area contributed by atoms with Crippen LogP contribution in [-0.4, -0.2) is 18.0 Å². The van der Waals surface area contributed by atoms with Gasteiger partial charge in [-0.15, -0.1) is 0 Å². The number of hydrogen-bond acceptors (Lipinski definition) is 4. The van der Waals surface area contributed by atoms with Gasteiger partial charge in [0, 0.05) is 18.5 Å². The Bertz CT molecular complexity index is 1090. The Hall–Kier alpha value is -3.60. The summed E-state index contributed by atoms with van der Waals surface area (Å²) in [5.74, 6) is 1.29. The number of rotatable bonds is 6. The van der Waals surface area contributed by atoms with E-state index in [1.807, 2.05) is 60.7 Å². The highest BCUT2D eigenvalue weighted by Crippen LogP contribution is 2.20. The van der Waals surface area contributed by atoms with Gasteiger partial charge in [-0.05, 0) is 41.5 Å². The molecule has 0 aliphatic rings. The number of nitrogens with zero attached hydrogens (tertiary/aromatic N) is 1. The Morgan fingerprint density at radius 1 is 1.00 bits per heavy atom. The minimum atomic E-state index is -0.140. The molecule has 140 valence electrons. The van der Waals surface area contributed by atoms with Crippen molar-refractivity contribution in [2.24, 2.45) is 0 Å². The molecule has 3 aromatic carbocycles. The van der Waals surface area contributed by atoms with Crippen molar-refractivity contribution in [1.29, 1.82) is 0 Å². The summed E-state index contributed by atoms with van der Waals surface area (Å²) in [5, 5.41) is 2.92. The Morgan fingerprint density at radius 3 is 2.54 bits per heavy atom. The molecule has 1 heterocycles. The van der Waals surface area contributed by atoms with Crippen molar-refractivity contribution < 1.29 is 13.9 Å². The molecule has 1 aromatic heterocycles. The van der Waals surface area contributed by atoms with Crippen molar-refractivity contribution >= 4 is 17.0 Å². The number of carbonyl (C=O) groups excluding carboxylic acids is 1. The van der Waals surface area contributed by atoms with Crippen LogP contribution in [0.2, 0.25) is 0 Å². The molecule has 0 radical (unpaired) electrons. The fourth-order valence-corrected chi connectivity index (χ4v) is 2.99. The lowest BCUT2D eigenvalue weighted by Crippen LogP contribution is -2.22. The zero-order valence-corrected chi connectivity index (χ0v) is 15.5. The molecule has 4 rings (SSSR count). The van der Waals surface area contributed by atoms with Crippen LogP contribution in [0.4, 0.5) is 0 Å². The van der Waals surface area contributed by atoms with Gasteiger partial charge in [0.25, 0.3) is 5.91 Å². The maximum absolute atomic E-state index is 12.4. The highest BCUT2D eigenvalue weighted by Gasteiger charge is 2.11. The molecule has 4 aromatic rings. The van der Waals surface area contributed by atoms with Crippen LogP contribution in [0.25, 0.3) is 11.1 Å². The van der Waals surface area contributed by atoms with Crippen molar-refractivity contribution in [2.75, 3.05) is 7.11 Å². The minimum Gasteiger partial charge on any atom is -0.497 e. The fourth-order valence-electron chi connectivity index (χ4n) is 2.99. The van der Waals surface area contributed by atoms with Crippen LogP contribution in [0.15, 0.2) is 77.2 Å². The van der Waals surface area contributed by atoms with E-state index in [-0.39, 0.29) is 5.91 Å². The number of fused-ring (bicyclic) bond motifs is 1. The molecule has 5 heteroatoms. The van der Waals surface area contributed by atoms with Gasteiger partial charge >= 0.3 is 0 Å². The number of carbonyl (C=O) groups is 1. The molecule has 0 aliphatic carbocycles.